The number of rotatable bonds is 4. The summed E-state index contributed by atoms with van der Waals surface area (Å²) < 4.78 is 0. The van der Waals surface area contributed by atoms with Crippen LogP contribution in [0.5, 0.6) is 0 Å². The van der Waals surface area contributed by atoms with Gasteiger partial charge >= 0.3 is 0 Å². The zero-order valence-corrected chi connectivity index (χ0v) is 10.3. The van der Waals surface area contributed by atoms with Crippen molar-refractivity contribution in [1.29, 1.82) is 0 Å². The van der Waals surface area contributed by atoms with Gasteiger partial charge in [0.15, 0.2) is 0 Å². The first-order valence-corrected chi connectivity index (χ1v) is 5.67. The molecule has 1 aromatic carbocycles. The fraction of sp³-hybridized carbons (Fsp3) is 0.333. The van der Waals surface area contributed by atoms with Gasteiger partial charge in [-0.15, -0.1) is 0 Å². The van der Waals surface area contributed by atoms with Gasteiger partial charge in [0.2, 0.25) is 0 Å². The van der Waals surface area contributed by atoms with Crippen LogP contribution in [0, 0.1) is 0 Å². The second-order valence-corrected chi connectivity index (χ2v) is 4.42. The average Bonchev–Trinajstić information content (AvgIpc) is 2.17. The third-order valence-corrected chi connectivity index (χ3v) is 2.93. The molecule has 1 unspecified atom stereocenters. The summed E-state index contributed by atoms with van der Waals surface area (Å²) in [6.45, 7) is 6.00. The largest absolute Gasteiger partial charge is 0.324 e. The Hall–Kier alpha value is -0.500. The Labute approximate surface area is 101 Å². The molecule has 0 aliphatic heterocycles. The summed E-state index contributed by atoms with van der Waals surface area (Å²) >= 11 is 11.9. The molecule has 2 N–H and O–H groups in total. The van der Waals surface area contributed by atoms with Crippen LogP contribution in [0.2, 0.25) is 10.0 Å². The van der Waals surface area contributed by atoms with Crippen molar-refractivity contribution in [3.05, 3.63) is 46.0 Å². The topological polar surface area (TPSA) is 26.0 Å². The van der Waals surface area contributed by atoms with E-state index in [1.807, 2.05) is 6.07 Å². The SMILES string of the molecule is C=C(CC)CC(N)c1ccc(Cl)cc1Cl. The predicted octanol–water partition coefficient (Wildman–Crippen LogP) is 4.35. The van der Waals surface area contributed by atoms with E-state index in [1.54, 1.807) is 12.1 Å². The highest BCUT2D eigenvalue weighted by atomic mass is 35.5. The molecule has 0 bridgehead atoms. The summed E-state index contributed by atoms with van der Waals surface area (Å²) in [5.74, 6) is 0. The maximum Gasteiger partial charge on any atom is 0.0468 e. The number of halogens is 2. The minimum atomic E-state index is -0.0952. The smallest absolute Gasteiger partial charge is 0.0468 e. The van der Waals surface area contributed by atoms with Crippen LogP contribution >= 0.6 is 23.2 Å². The van der Waals surface area contributed by atoms with E-state index in [0.717, 1.165) is 24.0 Å². The molecule has 0 spiro atoms. The third-order valence-electron chi connectivity index (χ3n) is 2.37. The maximum atomic E-state index is 6.06. The van der Waals surface area contributed by atoms with Gasteiger partial charge in [-0.05, 0) is 30.5 Å². The normalized spacial score (nSPS) is 12.5. The van der Waals surface area contributed by atoms with Crippen LogP contribution in [0.3, 0.4) is 0 Å². The van der Waals surface area contributed by atoms with Crippen LogP contribution in [0.15, 0.2) is 30.4 Å². The van der Waals surface area contributed by atoms with Crippen LogP contribution in [0.4, 0.5) is 0 Å². The fourth-order valence-corrected chi connectivity index (χ4v) is 1.92. The summed E-state index contributed by atoms with van der Waals surface area (Å²) in [4.78, 5) is 0. The maximum absolute atomic E-state index is 6.06. The molecular formula is C12H15Cl2N. The zero-order valence-electron chi connectivity index (χ0n) is 8.76. The zero-order chi connectivity index (χ0) is 11.4. The van der Waals surface area contributed by atoms with E-state index >= 15 is 0 Å². The quantitative estimate of drug-likeness (QED) is 0.783. The molecule has 0 amide bonds. The van der Waals surface area contributed by atoms with Gasteiger partial charge in [-0.2, -0.15) is 0 Å². The lowest BCUT2D eigenvalue weighted by Crippen LogP contribution is -2.11. The second-order valence-electron chi connectivity index (χ2n) is 3.58. The lowest BCUT2D eigenvalue weighted by molar-refractivity contribution is 0.701. The average molecular weight is 244 g/mol. The molecule has 82 valence electrons. The minimum absolute atomic E-state index is 0.0952. The van der Waals surface area contributed by atoms with Gasteiger partial charge in [0.25, 0.3) is 0 Å². The number of hydrogen-bond acceptors (Lipinski definition) is 1. The molecule has 0 aliphatic carbocycles. The van der Waals surface area contributed by atoms with Crippen molar-refractivity contribution in [2.24, 2.45) is 5.73 Å². The molecule has 3 heteroatoms. The molecule has 0 aliphatic rings. The second kappa shape index (κ2) is 5.55. The van der Waals surface area contributed by atoms with E-state index in [-0.39, 0.29) is 6.04 Å². The highest BCUT2D eigenvalue weighted by Gasteiger charge is 2.11. The number of benzene rings is 1. The van der Waals surface area contributed by atoms with Crippen LogP contribution in [-0.4, -0.2) is 0 Å². The van der Waals surface area contributed by atoms with Crippen molar-refractivity contribution >= 4 is 23.2 Å². The summed E-state index contributed by atoms with van der Waals surface area (Å²) in [7, 11) is 0. The first kappa shape index (κ1) is 12.6. The monoisotopic (exact) mass is 243 g/mol. The van der Waals surface area contributed by atoms with Crippen molar-refractivity contribution in [1.82, 2.24) is 0 Å². The van der Waals surface area contributed by atoms with Crippen molar-refractivity contribution < 1.29 is 0 Å². The number of hydrogen-bond donors (Lipinski definition) is 1. The van der Waals surface area contributed by atoms with Crippen LogP contribution in [0.25, 0.3) is 0 Å². The molecule has 0 heterocycles. The van der Waals surface area contributed by atoms with Gasteiger partial charge in [-0.3, -0.25) is 0 Å². The van der Waals surface area contributed by atoms with Crippen LogP contribution in [0.1, 0.15) is 31.4 Å². The molecule has 1 atom stereocenters. The Balaban J connectivity index is 2.82. The van der Waals surface area contributed by atoms with Gasteiger partial charge in [0.1, 0.15) is 0 Å². The van der Waals surface area contributed by atoms with E-state index in [9.17, 15) is 0 Å². The van der Waals surface area contributed by atoms with Gasteiger partial charge in [0.05, 0.1) is 0 Å². The molecule has 1 nitrogen and oxygen atoms in total. The molecule has 0 saturated heterocycles. The highest BCUT2D eigenvalue weighted by Crippen LogP contribution is 2.28. The summed E-state index contributed by atoms with van der Waals surface area (Å²) in [5.41, 5.74) is 8.09. The van der Waals surface area contributed by atoms with Crippen molar-refractivity contribution in [3.63, 3.8) is 0 Å². The van der Waals surface area contributed by atoms with E-state index in [2.05, 4.69) is 13.5 Å². The Bertz CT molecular complexity index is 361. The summed E-state index contributed by atoms with van der Waals surface area (Å²) in [6, 6.07) is 5.30. The van der Waals surface area contributed by atoms with Crippen LogP contribution < -0.4 is 5.73 Å². The van der Waals surface area contributed by atoms with E-state index in [1.165, 1.54) is 0 Å². The van der Waals surface area contributed by atoms with Crippen molar-refractivity contribution in [2.75, 3.05) is 0 Å². The predicted molar refractivity (Wildman–Crippen MR) is 67.4 cm³/mol. The fourth-order valence-electron chi connectivity index (χ4n) is 1.37. The molecule has 15 heavy (non-hydrogen) atoms. The molecule has 0 fully saturated rings. The minimum Gasteiger partial charge on any atom is -0.324 e. The summed E-state index contributed by atoms with van der Waals surface area (Å²) in [5, 5.41) is 1.25. The van der Waals surface area contributed by atoms with E-state index in [4.69, 9.17) is 28.9 Å². The Morgan fingerprint density at radius 1 is 1.47 bits per heavy atom. The lowest BCUT2D eigenvalue weighted by Gasteiger charge is -2.14. The summed E-state index contributed by atoms with van der Waals surface area (Å²) in [6.07, 6.45) is 1.71. The highest BCUT2D eigenvalue weighted by molar-refractivity contribution is 6.35. The number of nitrogens with two attached hydrogens (primary N) is 1. The molecule has 1 rings (SSSR count). The standard InChI is InChI=1S/C12H15Cl2N/c1-3-8(2)6-12(15)10-5-4-9(13)7-11(10)14/h4-5,7,12H,2-3,6,15H2,1H3. The molecule has 0 saturated carbocycles. The van der Waals surface area contributed by atoms with Gasteiger partial charge in [-0.25, -0.2) is 0 Å². The van der Waals surface area contributed by atoms with Crippen molar-refractivity contribution in [3.8, 4) is 0 Å². The Kier molecular flexibility index (Phi) is 4.65. The third kappa shape index (κ3) is 3.53. The molecule has 0 aromatic heterocycles. The van der Waals surface area contributed by atoms with E-state index < -0.39 is 0 Å². The van der Waals surface area contributed by atoms with Crippen LogP contribution in [-0.2, 0) is 0 Å². The Morgan fingerprint density at radius 2 is 2.13 bits per heavy atom. The first-order chi connectivity index (χ1) is 7.04. The van der Waals surface area contributed by atoms with Gasteiger partial charge in [-0.1, -0.05) is 48.3 Å². The van der Waals surface area contributed by atoms with Gasteiger partial charge < -0.3 is 5.73 Å². The molecule has 0 radical (unpaired) electrons. The van der Waals surface area contributed by atoms with Crippen molar-refractivity contribution in [2.45, 2.75) is 25.8 Å². The molecular weight excluding hydrogens is 229 g/mol. The van der Waals surface area contributed by atoms with Gasteiger partial charge in [0, 0.05) is 16.1 Å². The Morgan fingerprint density at radius 3 is 2.67 bits per heavy atom. The van der Waals surface area contributed by atoms with E-state index in [0.29, 0.717) is 10.0 Å². The lowest BCUT2D eigenvalue weighted by atomic mass is 9.99. The molecule has 1 aromatic rings. The first-order valence-electron chi connectivity index (χ1n) is 4.91.